The molecule has 0 aromatic heterocycles. The van der Waals surface area contributed by atoms with Crippen molar-refractivity contribution in [1.29, 1.82) is 0 Å². The third-order valence-electron chi connectivity index (χ3n) is 3.62. The summed E-state index contributed by atoms with van der Waals surface area (Å²) >= 11 is 0. The van der Waals surface area contributed by atoms with Crippen LogP contribution >= 0.6 is 0 Å². The van der Waals surface area contributed by atoms with E-state index in [1.165, 1.54) is 23.1 Å². The molecule has 0 radical (unpaired) electrons. The second-order valence-corrected chi connectivity index (χ2v) is 4.40. The fourth-order valence-corrected chi connectivity index (χ4v) is 2.86. The van der Waals surface area contributed by atoms with Gasteiger partial charge in [-0.2, -0.15) is 0 Å². The Bertz CT molecular complexity index is 398. The van der Waals surface area contributed by atoms with Crippen LogP contribution in [-0.4, -0.2) is 5.11 Å². The summed E-state index contributed by atoms with van der Waals surface area (Å²) in [5.41, 5.74) is 12.2. The molecule has 1 atom stereocenters. The van der Waals surface area contributed by atoms with E-state index in [-0.39, 0.29) is 6.10 Å². The van der Waals surface area contributed by atoms with Gasteiger partial charge in [0, 0.05) is 5.69 Å². The lowest BCUT2D eigenvalue weighted by atomic mass is 9.99. The first kappa shape index (κ1) is 8.30. The third kappa shape index (κ3) is 0.947. The van der Waals surface area contributed by atoms with E-state index in [9.17, 15) is 5.11 Å². The molecule has 0 amide bonds. The summed E-state index contributed by atoms with van der Waals surface area (Å²) in [6, 6.07) is 2.19. The van der Waals surface area contributed by atoms with E-state index in [2.05, 4.69) is 6.07 Å². The van der Waals surface area contributed by atoms with Gasteiger partial charge in [0.15, 0.2) is 0 Å². The molecule has 0 aliphatic heterocycles. The molecular formula is C12H15NO. The molecule has 74 valence electrons. The Kier molecular flexibility index (Phi) is 1.62. The smallest absolute Gasteiger partial charge is 0.0796 e. The van der Waals surface area contributed by atoms with E-state index in [4.69, 9.17) is 5.73 Å². The fourth-order valence-electron chi connectivity index (χ4n) is 2.86. The number of aliphatic hydroxyl groups excluding tert-OH is 1. The number of hydrogen-bond donors (Lipinski definition) is 2. The van der Waals surface area contributed by atoms with E-state index in [0.29, 0.717) is 0 Å². The van der Waals surface area contributed by atoms with Crippen LogP contribution in [0.5, 0.6) is 0 Å². The Morgan fingerprint density at radius 2 is 2.07 bits per heavy atom. The van der Waals surface area contributed by atoms with Crippen LogP contribution < -0.4 is 5.73 Å². The molecule has 0 saturated heterocycles. The Balaban J connectivity index is 2.24. The van der Waals surface area contributed by atoms with Crippen LogP contribution in [0.4, 0.5) is 5.69 Å². The summed E-state index contributed by atoms with van der Waals surface area (Å²) in [6.07, 6.45) is 5.03. The van der Waals surface area contributed by atoms with E-state index >= 15 is 0 Å². The first-order valence-electron chi connectivity index (χ1n) is 5.38. The van der Waals surface area contributed by atoms with Gasteiger partial charge in [-0.3, -0.25) is 0 Å². The summed E-state index contributed by atoms with van der Waals surface area (Å²) in [5.74, 6) is 0. The predicted octanol–water partition coefficient (Wildman–Crippen LogP) is 1.74. The molecule has 0 fully saturated rings. The van der Waals surface area contributed by atoms with Gasteiger partial charge in [0.25, 0.3) is 0 Å². The fraction of sp³-hybridized carbons (Fsp3) is 0.500. The molecule has 0 heterocycles. The van der Waals surface area contributed by atoms with E-state index in [0.717, 1.165) is 36.9 Å². The molecule has 0 bridgehead atoms. The lowest BCUT2D eigenvalue weighted by molar-refractivity contribution is 0.180. The van der Waals surface area contributed by atoms with Crippen molar-refractivity contribution in [3.8, 4) is 0 Å². The Morgan fingerprint density at radius 3 is 2.93 bits per heavy atom. The highest BCUT2D eigenvalue weighted by atomic mass is 16.3. The van der Waals surface area contributed by atoms with Gasteiger partial charge in [0.05, 0.1) is 6.10 Å². The van der Waals surface area contributed by atoms with Gasteiger partial charge < -0.3 is 10.8 Å². The highest BCUT2D eigenvalue weighted by molar-refractivity contribution is 5.63. The van der Waals surface area contributed by atoms with Crippen molar-refractivity contribution < 1.29 is 5.11 Å². The van der Waals surface area contributed by atoms with Gasteiger partial charge in [0.1, 0.15) is 0 Å². The lowest BCUT2D eigenvalue weighted by Gasteiger charge is -2.11. The Labute approximate surface area is 83.7 Å². The van der Waals surface area contributed by atoms with Crippen molar-refractivity contribution in [2.75, 3.05) is 5.73 Å². The first-order chi connectivity index (χ1) is 6.77. The molecule has 0 unspecified atom stereocenters. The number of hydrogen-bond acceptors (Lipinski definition) is 2. The molecular weight excluding hydrogens is 174 g/mol. The maximum Gasteiger partial charge on any atom is 0.0796 e. The average Bonchev–Trinajstić information content (AvgIpc) is 2.75. The SMILES string of the molecule is Nc1c2c(cc3c1CC[C@H]3O)CCC2. The van der Waals surface area contributed by atoms with E-state index < -0.39 is 0 Å². The van der Waals surface area contributed by atoms with Crippen molar-refractivity contribution in [3.63, 3.8) is 0 Å². The number of rotatable bonds is 0. The number of fused-ring (bicyclic) bond motifs is 2. The van der Waals surface area contributed by atoms with Gasteiger partial charge in [-0.15, -0.1) is 0 Å². The highest BCUT2D eigenvalue weighted by Crippen LogP contribution is 2.40. The minimum atomic E-state index is -0.266. The second kappa shape index (κ2) is 2.74. The number of nitrogens with two attached hydrogens (primary N) is 1. The molecule has 2 aliphatic rings. The summed E-state index contributed by atoms with van der Waals surface area (Å²) in [6.45, 7) is 0. The van der Waals surface area contributed by atoms with Crippen LogP contribution in [-0.2, 0) is 19.3 Å². The molecule has 3 rings (SSSR count). The predicted molar refractivity (Wildman–Crippen MR) is 56.2 cm³/mol. The normalized spacial score (nSPS) is 23.6. The van der Waals surface area contributed by atoms with Crippen molar-refractivity contribution in [2.24, 2.45) is 0 Å². The van der Waals surface area contributed by atoms with Crippen molar-refractivity contribution in [3.05, 3.63) is 28.3 Å². The Morgan fingerprint density at radius 1 is 1.21 bits per heavy atom. The van der Waals surface area contributed by atoms with Crippen LogP contribution in [0.2, 0.25) is 0 Å². The highest BCUT2D eigenvalue weighted by Gasteiger charge is 2.26. The van der Waals surface area contributed by atoms with Gasteiger partial charge in [-0.25, -0.2) is 0 Å². The minimum Gasteiger partial charge on any atom is -0.398 e. The van der Waals surface area contributed by atoms with Crippen LogP contribution in [0.1, 0.15) is 41.2 Å². The van der Waals surface area contributed by atoms with E-state index in [1.807, 2.05) is 0 Å². The first-order valence-corrected chi connectivity index (χ1v) is 5.38. The molecule has 2 aliphatic carbocycles. The van der Waals surface area contributed by atoms with Crippen LogP contribution in [0.3, 0.4) is 0 Å². The van der Waals surface area contributed by atoms with Crippen LogP contribution in [0.25, 0.3) is 0 Å². The summed E-state index contributed by atoms with van der Waals surface area (Å²) in [5, 5.41) is 9.78. The zero-order chi connectivity index (χ0) is 9.71. The largest absolute Gasteiger partial charge is 0.398 e. The van der Waals surface area contributed by atoms with E-state index in [1.54, 1.807) is 0 Å². The third-order valence-corrected chi connectivity index (χ3v) is 3.62. The zero-order valence-corrected chi connectivity index (χ0v) is 8.21. The van der Waals surface area contributed by atoms with Gasteiger partial charge in [-0.05, 0) is 54.4 Å². The molecule has 2 nitrogen and oxygen atoms in total. The van der Waals surface area contributed by atoms with Gasteiger partial charge >= 0.3 is 0 Å². The average molecular weight is 189 g/mol. The van der Waals surface area contributed by atoms with Gasteiger partial charge in [-0.1, -0.05) is 6.07 Å². The molecule has 3 N–H and O–H groups in total. The zero-order valence-electron chi connectivity index (χ0n) is 8.21. The summed E-state index contributed by atoms with van der Waals surface area (Å²) in [4.78, 5) is 0. The van der Waals surface area contributed by atoms with Crippen molar-refractivity contribution in [2.45, 2.75) is 38.2 Å². The van der Waals surface area contributed by atoms with Gasteiger partial charge in [0.2, 0.25) is 0 Å². The lowest BCUT2D eigenvalue weighted by Crippen LogP contribution is -2.01. The monoisotopic (exact) mass is 189 g/mol. The molecule has 14 heavy (non-hydrogen) atoms. The summed E-state index contributed by atoms with van der Waals surface area (Å²) < 4.78 is 0. The molecule has 0 spiro atoms. The second-order valence-electron chi connectivity index (χ2n) is 4.40. The maximum atomic E-state index is 9.78. The standard InChI is InChI=1S/C12H15NO/c13-12-8-3-1-2-7(8)6-10-9(12)4-5-11(10)14/h6,11,14H,1-5,13H2/t11-/m1/s1. The summed E-state index contributed by atoms with van der Waals surface area (Å²) in [7, 11) is 0. The maximum absolute atomic E-state index is 9.78. The number of nitrogen functional groups attached to an aromatic ring is 1. The Hall–Kier alpha value is -1.02. The number of aryl methyl sites for hydroxylation is 1. The molecule has 1 aromatic rings. The molecule has 1 aromatic carbocycles. The number of benzene rings is 1. The van der Waals surface area contributed by atoms with Crippen LogP contribution in [0.15, 0.2) is 6.07 Å². The molecule has 0 saturated carbocycles. The molecule has 2 heteroatoms. The number of aliphatic hydroxyl groups is 1. The quantitative estimate of drug-likeness (QED) is 0.611. The topological polar surface area (TPSA) is 46.2 Å². The van der Waals surface area contributed by atoms with Crippen molar-refractivity contribution in [1.82, 2.24) is 0 Å². The minimum absolute atomic E-state index is 0.266. The number of anilines is 1. The van der Waals surface area contributed by atoms with Crippen molar-refractivity contribution >= 4 is 5.69 Å². The van der Waals surface area contributed by atoms with Crippen LogP contribution in [0, 0.1) is 0 Å².